The van der Waals surface area contributed by atoms with Crippen molar-refractivity contribution in [3.8, 4) is 0 Å². The molecule has 2 N–H and O–H groups in total. The smallest absolute Gasteiger partial charge is 0.408 e. The third kappa shape index (κ3) is 7.07. The number of alkyl carbamates (subject to hydrolysis) is 1. The van der Waals surface area contributed by atoms with Gasteiger partial charge in [0.1, 0.15) is 23.7 Å². The summed E-state index contributed by atoms with van der Waals surface area (Å²) in [5.74, 6) is -1.11. The van der Waals surface area contributed by atoms with E-state index < -0.39 is 63.1 Å². The topological polar surface area (TPSA) is 157 Å². The SMILES string of the molecule is C=C[C@@H]1CC1(NC(=O)[C@@H]1C[C@H](OS(=O)(=O)c2ccc(Br)cc2)CN1C(=O)C(NC(=O)O[C@@H]1C[C@@H]2C[C@@H]2C1)C(C)(C)C)C(=O)OC. The summed E-state index contributed by atoms with van der Waals surface area (Å²) in [4.78, 5) is 54.8. The Hall–Kier alpha value is -2.97. The molecular weight excluding hydrogens is 670 g/mol. The summed E-state index contributed by atoms with van der Waals surface area (Å²) < 4.78 is 43.1. The van der Waals surface area contributed by atoms with Gasteiger partial charge in [0, 0.05) is 23.4 Å². The first-order chi connectivity index (χ1) is 21.1. The number of methoxy groups -OCH3 is 1. The molecule has 1 heterocycles. The summed E-state index contributed by atoms with van der Waals surface area (Å²) in [5.41, 5.74) is -2.15. The molecule has 0 aromatic heterocycles. The predicted molar refractivity (Wildman–Crippen MR) is 165 cm³/mol. The van der Waals surface area contributed by atoms with Gasteiger partial charge in [0.2, 0.25) is 11.8 Å². The highest BCUT2D eigenvalue weighted by Gasteiger charge is 2.62. The zero-order valence-corrected chi connectivity index (χ0v) is 28.2. The summed E-state index contributed by atoms with van der Waals surface area (Å²) in [6.07, 6.45) is 2.40. The van der Waals surface area contributed by atoms with E-state index in [1.54, 1.807) is 39.0 Å². The minimum atomic E-state index is -4.26. The van der Waals surface area contributed by atoms with E-state index in [1.165, 1.54) is 24.1 Å². The number of carbonyl (C=O) groups excluding carboxylic acids is 4. The fraction of sp³-hybridized carbons (Fsp3) is 0.613. The van der Waals surface area contributed by atoms with Crippen molar-refractivity contribution in [1.82, 2.24) is 15.5 Å². The zero-order chi connectivity index (χ0) is 32.9. The van der Waals surface area contributed by atoms with Crippen molar-refractivity contribution < 1.29 is 41.3 Å². The Kier molecular flexibility index (Phi) is 9.15. The van der Waals surface area contributed by atoms with Crippen molar-refractivity contribution in [2.24, 2.45) is 23.2 Å². The molecule has 5 rings (SSSR count). The van der Waals surface area contributed by atoms with E-state index in [2.05, 4.69) is 33.1 Å². The van der Waals surface area contributed by atoms with E-state index in [1.807, 2.05) is 0 Å². The Morgan fingerprint density at radius 3 is 2.27 bits per heavy atom. The second-order valence-electron chi connectivity index (χ2n) is 13.6. The molecule has 4 aliphatic rings. The molecule has 3 amide bonds. The van der Waals surface area contributed by atoms with Gasteiger partial charge in [-0.05, 0) is 67.2 Å². The Bertz CT molecular complexity index is 1470. The lowest BCUT2D eigenvalue weighted by Crippen LogP contribution is -2.59. The summed E-state index contributed by atoms with van der Waals surface area (Å²) >= 11 is 3.27. The number of fused-ring (bicyclic) bond motifs is 1. The van der Waals surface area contributed by atoms with Gasteiger partial charge in [-0.1, -0.05) is 42.8 Å². The number of ether oxygens (including phenoxy) is 2. The van der Waals surface area contributed by atoms with Crippen LogP contribution in [0.3, 0.4) is 0 Å². The van der Waals surface area contributed by atoms with E-state index >= 15 is 0 Å². The van der Waals surface area contributed by atoms with Crippen LogP contribution in [-0.2, 0) is 38.2 Å². The second kappa shape index (κ2) is 12.3. The van der Waals surface area contributed by atoms with Gasteiger partial charge < -0.3 is 25.0 Å². The molecule has 0 radical (unpaired) electrons. The molecule has 1 saturated heterocycles. The summed E-state index contributed by atoms with van der Waals surface area (Å²) in [5, 5.41) is 5.45. The van der Waals surface area contributed by atoms with Crippen LogP contribution >= 0.6 is 15.9 Å². The number of rotatable bonds is 10. The molecule has 45 heavy (non-hydrogen) atoms. The lowest BCUT2D eigenvalue weighted by Gasteiger charge is -2.35. The first kappa shape index (κ1) is 33.4. The van der Waals surface area contributed by atoms with Crippen molar-refractivity contribution in [2.45, 2.75) is 87.6 Å². The van der Waals surface area contributed by atoms with Gasteiger partial charge >= 0.3 is 12.1 Å². The van der Waals surface area contributed by atoms with Crippen LogP contribution in [0.4, 0.5) is 4.79 Å². The molecule has 0 spiro atoms. The molecule has 246 valence electrons. The maximum absolute atomic E-state index is 14.2. The fourth-order valence-electron chi connectivity index (χ4n) is 6.56. The van der Waals surface area contributed by atoms with Crippen LogP contribution in [0.25, 0.3) is 0 Å². The molecule has 2 unspecified atom stereocenters. The Balaban J connectivity index is 1.37. The Labute approximate surface area is 271 Å². The minimum absolute atomic E-state index is 0.0885. The van der Waals surface area contributed by atoms with Crippen molar-refractivity contribution >= 4 is 49.9 Å². The van der Waals surface area contributed by atoms with Crippen molar-refractivity contribution in [2.75, 3.05) is 13.7 Å². The molecule has 3 aliphatic carbocycles. The van der Waals surface area contributed by atoms with Crippen molar-refractivity contribution in [3.63, 3.8) is 0 Å². The number of halogens is 1. The first-order valence-electron chi connectivity index (χ1n) is 15.1. The van der Waals surface area contributed by atoms with E-state index in [0.29, 0.717) is 16.3 Å². The number of hydrogen-bond acceptors (Lipinski definition) is 9. The highest BCUT2D eigenvalue weighted by Crippen LogP contribution is 2.52. The normalized spacial score (nSPS) is 30.9. The van der Waals surface area contributed by atoms with Crippen molar-refractivity contribution in [3.05, 3.63) is 41.4 Å². The van der Waals surface area contributed by atoms with E-state index in [4.69, 9.17) is 13.7 Å². The van der Waals surface area contributed by atoms with Gasteiger partial charge in [-0.3, -0.25) is 13.8 Å². The molecule has 1 aliphatic heterocycles. The maximum atomic E-state index is 14.2. The molecule has 12 nitrogen and oxygen atoms in total. The number of hydrogen-bond donors (Lipinski definition) is 2. The number of likely N-dealkylation sites (tertiary alicyclic amines) is 1. The number of carbonyl (C=O) groups is 4. The molecule has 0 bridgehead atoms. The largest absolute Gasteiger partial charge is 0.467 e. The van der Waals surface area contributed by atoms with Gasteiger partial charge in [-0.15, -0.1) is 6.58 Å². The number of esters is 1. The molecular formula is C31H40BrN3O9S. The predicted octanol–water partition coefficient (Wildman–Crippen LogP) is 3.30. The van der Waals surface area contributed by atoms with Crippen LogP contribution in [0.1, 0.15) is 52.9 Å². The van der Waals surface area contributed by atoms with E-state index in [-0.39, 0.29) is 36.3 Å². The van der Waals surface area contributed by atoms with Crippen LogP contribution in [-0.4, -0.2) is 80.7 Å². The Morgan fingerprint density at radius 1 is 1.07 bits per heavy atom. The number of nitrogens with zero attached hydrogens (tertiary/aromatic N) is 1. The lowest BCUT2D eigenvalue weighted by molar-refractivity contribution is -0.148. The first-order valence-corrected chi connectivity index (χ1v) is 17.3. The summed E-state index contributed by atoms with van der Waals surface area (Å²) in [6, 6.07) is 3.55. The van der Waals surface area contributed by atoms with Gasteiger partial charge in [0.15, 0.2) is 0 Å². The monoisotopic (exact) mass is 709 g/mol. The van der Waals surface area contributed by atoms with E-state index in [0.717, 1.165) is 19.3 Å². The highest BCUT2D eigenvalue weighted by molar-refractivity contribution is 9.10. The quantitative estimate of drug-likeness (QED) is 0.211. The van der Waals surface area contributed by atoms with Crippen LogP contribution in [0.2, 0.25) is 0 Å². The average molecular weight is 711 g/mol. The van der Waals surface area contributed by atoms with Gasteiger partial charge in [0.05, 0.1) is 18.1 Å². The van der Waals surface area contributed by atoms with Crippen LogP contribution < -0.4 is 10.6 Å². The second-order valence-corrected chi connectivity index (χ2v) is 16.1. The molecule has 14 heteroatoms. The van der Waals surface area contributed by atoms with Crippen LogP contribution in [0.15, 0.2) is 46.3 Å². The van der Waals surface area contributed by atoms with Crippen LogP contribution in [0, 0.1) is 23.2 Å². The fourth-order valence-corrected chi connectivity index (χ4v) is 7.90. The van der Waals surface area contributed by atoms with Gasteiger partial charge in [-0.25, -0.2) is 9.59 Å². The number of benzene rings is 1. The van der Waals surface area contributed by atoms with Crippen LogP contribution in [0.5, 0.6) is 0 Å². The number of nitrogens with one attached hydrogen (secondary N) is 2. The molecule has 8 atom stereocenters. The Morgan fingerprint density at radius 2 is 1.71 bits per heavy atom. The molecule has 1 aromatic carbocycles. The zero-order valence-electron chi connectivity index (χ0n) is 25.8. The third-order valence-corrected chi connectivity index (χ3v) is 11.2. The van der Waals surface area contributed by atoms with Gasteiger partial charge in [-0.2, -0.15) is 8.42 Å². The minimum Gasteiger partial charge on any atom is -0.467 e. The van der Waals surface area contributed by atoms with Gasteiger partial charge in [0.25, 0.3) is 10.1 Å². The third-order valence-electron chi connectivity index (χ3n) is 9.26. The summed E-state index contributed by atoms with van der Waals surface area (Å²) in [6.45, 7) is 8.77. The summed E-state index contributed by atoms with van der Waals surface area (Å²) in [7, 11) is -3.05. The van der Waals surface area contributed by atoms with Crippen molar-refractivity contribution in [1.29, 1.82) is 0 Å². The molecule has 1 aromatic rings. The lowest BCUT2D eigenvalue weighted by atomic mass is 9.85. The maximum Gasteiger partial charge on any atom is 0.408 e. The standard InChI is InChI=1S/C31H40BrN3O9S/c1-6-19-15-31(19,28(38)42-5)34-26(36)24-14-22(44-45(40,41)23-9-7-20(32)8-10-23)16-35(24)27(37)25(30(2,3)4)33-29(39)43-21-12-17-11-18(17)13-21/h6-10,17-19,21-22,24-25H,1,11-16H2,2-5H3,(H,33,39)(H,34,36)/t17-,18+,19-,21+,22+,24+,25?,31?/m1/s1. The van der Waals surface area contributed by atoms with E-state index in [9.17, 15) is 27.6 Å². The highest BCUT2D eigenvalue weighted by atomic mass is 79.9. The average Bonchev–Trinajstić information content (AvgIpc) is 3.78. The molecule has 4 fully saturated rings. The molecule has 3 saturated carbocycles. The number of amides is 3.